The van der Waals surface area contributed by atoms with Crippen LogP contribution in [0.1, 0.15) is 39.5 Å². The van der Waals surface area contributed by atoms with E-state index < -0.39 is 17.5 Å². The molecule has 1 aliphatic heterocycles. The van der Waals surface area contributed by atoms with Gasteiger partial charge >= 0.3 is 5.97 Å². The number of ether oxygens (including phenoxy) is 2. The zero-order valence-electron chi connectivity index (χ0n) is 11.2. The number of aliphatic carboxylic acids is 1. The number of aliphatic hydroxyl groups excluding tert-OH is 1. The summed E-state index contributed by atoms with van der Waals surface area (Å²) in [5, 5.41) is 19.3. The van der Waals surface area contributed by atoms with Gasteiger partial charge < -0.3 is 19.7 Å². The first kappa shape index (κ1) is 15.4. The number of hydrogen-bond acceptors (Lipinski definition) is 4. The first-order valence-electron chi connectivity index (χ1n) is 6.63. The van der Waals surface area contributed by atoms with Crippen LogP contribution in [0.4, 0.5) is 0 Å². The Morgan fingerprint density at radius 1 is 1.61 bits per heavy atom. The summed E-state index contributed by atoms with van der Waals surface area (Å²) in [5.41, 5.74) is -0.965. The Hall–Kier alpha value is -0.650. The lowest BCUT2D eigenvalue weighted by molar-refractivity contribution is -0.155. The average molecular weight is 260 g/mol. The molecule has 0 aromatic heterocycles. The van der Waals surface area contributed by atoms with Crippen LogP contribution in [-0.2, 0) is 14.3 Å². The van der Waals surface area contributed by atoms with Gasteiger partial charge in [-0.15, -0.1) is 0 Å². The van der Waals surface area contributed by atoms with Crippen LogP contribution in [0.3, 0.4) is 0 Å². The maximum absolute atomic E-state index is 11.4. The summed E-state index contributed by atoms with van der Waals surface area (Å²) in [6.45, 7) is 5.07. The average Bonchev–Trinajstić information content (AvgIpc) is 2.68. The smallest absolute Gasteiger partial charge is 0.312 e. The van der Waals surface area contributed by atoms with E-state index >= 15 is 0 Å². The number of carbonyl (C=O) groups is 1. The summed E-state index contributed by atoms with van der Waals surface area (Å²) in [6, 6.07) is 0. The molecule has 0 bridgehead atoms. The van der Waals surface area contributed by atoms with Gasteiger partial charge in [0, 0.05) is 13.2 Å². The topological polar surface area (TPSA) is 76.0 Å². The first-order valence-corrected chi connectivity index (χ1v) is 6.63. The lowest BCUT2D eigenvalue weighted by Crippen LogP contribution is -2.41. The molecule has 0 spiro atoms. The largest absolute Gasteiger partial charge is 0.481 e. The molecule has 1 fully saturated rings. The van der Waals surface area contributed by atoms with Crippen LogP contribution >= 0.6 is 0 Å². The van der Waals surface area contributed by atoms with E-state index in [4.69, 9.17) is 9.47 Å². The monoisotopic (exact) mass is 260 g/mol. The van der Waals surface area contributed by atoms with E-state index in [9.17, 15) is 15.0 Å². The van der Waals surface area contributed by atoms with E-state index in [1.165, 1.54) is 0 Å². The van der Waals surface area contributed by atoms with Crippen molar-refractivity contribution in [2.24, 2.45) is 5.41 Å². The molecule has 5 heteroatoms. The van der Waals surface area contributed by atoms with Crippen LogP contribution < -0.4 is 0 Å². The van der Waals surface area contributed by atoms with Crippen molar-refractivity contribution in [2.75, 3.05) is 19.8 Å². The SMILES string of the molecule is CCCCOCC(O)CC1(C(=O)O)CCOC1C. The number of carboxylic acid groups (broad SMARTS) is 1. The third-order valence-electron chi connectivity index (χ3n) is 3.67. The van der Waals surface area contributed by atoms with Crippen LogP contribution in [0.5, 0.6) is 0 Å². The zero-order valence-corrected chi connectivity index (χ0v) is 11.2. The van der Waals surface area contributed by atoms with Gasteiger partial charge in [-0.25, -0.2) is 0 Å². The maximum Gasteiger partial charge on any atom is 0.312 e. The Morgan fingerprint density at radius 3 is 2.83 bits per heavy atom. The van der Waals surface area contributed by atoms with Gasteiger partial charge in [-0.2, -0.15) is 0 Å². The van der Waals surface area contributed by atoms with Crippen molar-refractivity contribution in [3.05, 3.63) is 0 Å². The fourth-order valence-electron chi connectivity index (χ4n) is 2.36. The number of aliphatic hydroxyl groups is 1. The Labute approximate surface area is 108 Å². The summed E-state index contributed by atoms with van der Waals surface area (Å²) in [5.74, 6) is -0.889. The third kappa shape index (κ3) is 3.67. The predicted octanol–water partition coefficient (Wildman–Crippen LogP) is 1.43. The van der Waals surface area contributed by atoms with Crippen LogP contribution in [0.2, 0.25) is 0 Å². The van der Waals surface area contributed by atoms with Crippen LogP contribution in [-0.4, -0.2) is 48.2 Å². The molecule has 1 saturated heterocycles. The molecule has 5 nitrogen and oxygen atoms in total. The molecule has 0 aromatic carbocycles. The fourth-order valence-corrected chi connectivity index (χ4v) is 2.36. The predicted molar refractivity (Wildman–Crippen MR) is 66.5 cm³/mol. The van der Waals surface area contributed by atoms with Crippen LogP contribution in [0, 0.1) is 5.41 Å². The molecule has 0 radical (unpaired) electrons. The Morgan fingerprint density at radius 2 is 2.33 bits per heavy atom. The minimum atomic E-state index is -0.965. The number of rotatable bonds is 8. The van der Waals surface area contributed by atoms with Crippen molar-refractivity contribution in [1.82, 2.24) is 0 Å². The molecule has 1 heterocycles. The highest BCUT2D eigenvalue weighted by Gasteiger charge is 2.49. The van der Waals surface area contributed by atoms with E-state index in [2.05, 4.69) is 6.92 Å². The minimum absolute atomic E-state index is 0.190. The van der Waals surface area contributed by atoms with E-state index in [-0.39, 0.29) is 19.1 Å². The summed E-state index contributed by atoms with van der Waals surface area (Å²) in [7, 11) is 0. The van der Waals surface area contributed by atoms with Gasteiger partial charge in [0.2, 0.25) is 0 Å². The van der Waals surface area contributed by atoms with E-state index in [1.54, 1.807) is 6.92 Å². The maximum atomic E-state index is 11.4. The van der Waals surface area contributed by atoms with Gasteiger partial charge in [0.15, 0.2) is 0 Å². The molecule has 3 unspecified atom stereocenters. The number of hydrogen-bond donors (Lipinski definition) is 2. The minimum Gasteiger partial charge on any atom is -0.481 e. The lowest BCUT2D eigenvalue weighted by atomic mass is 9.77. The highest BCUT2D eigenvalue weighted by molar-refractivity contribution is 5.75. The third-order valence-corrected chi connectivity index (χ3v) is 3.67. The van der Waals surface area contributed by atoms with E-state index in [1.807, 2.05) is 0 Å². The Bertz CT molecular complexity index is 268. The zero-order chi connectivity index (χ0) is 13.6. The molecule has 1 rings (SSSR count). The molecule has 18 heavy (non-hydrogen) atoms. The lowest BCUT2D eigenvalue weighted by Gasteiger charge is -2.29. The molecule has 0 amide bonds. The van der Waals surface area contributed by atoms with Gasteiger partial charge in [-0.3, -0.25) is 4.79 Å². The quantitative estimate of drug-likeness (QED) is 0.646. The molecule has 2 N–H and O–H groups in total. The van der Waals surface area contributed by atoms with E-state index in [0.29, 0.717) is 19.6 Å². The van der Waals surface area contributed by atoms with Crippen molar-refractivity contribution >= 4 is 5.97 Å². The molecule has 0 saturated carbocycles. The molecular weight excluding hydrogens is 236 g/mol. The molecule has 1 aliphatic rings. The van der Waals surface area contributed by atoms with Gasteiger partial charge in [0.05, 0.1) is 24.2 Å². The summed E-state index contributed by atoms with van der Waals surface area (Å²) in [6.07, 6.45) is 1.53. The highest BCUT2D eigenvalue weighted by Crippen LogP contribution is 2.39. The Kier molecular flexibility index (Phi) is 6.05. The highest BCUT2D eigenvalue weighted by atomic mass is 16.5. The van der Waals surface area contributed by atoms with Crippen LogP contribution in [0.15, 0.2) is 0 Å². The molecule has 106 valence electrons. The van der Waals surface area contributed by atoms with Gasteiger partial charge in [0.25, 0.3) is 0 Å². The number of carboxylic acids is 1. The first-order chi connectivity index (χ1) is 8.53. The standard InChI is InChI=1S/C13H24O5/c1-3-4-6-17-9-11(14)8-13(12(15)16)5-7-18-10(13)2/h10-11,14H,3-9H2,1-2H3,(H,15,16). The van der Waals surface area contributed by atoms with Gasteiger partial charge in [-0.05, 0) is 26.2 Å². The summed E-state index contributed by atoms with van der Waals surface area (Å²) < 4.78 is 10.7. The van der Waals surface area contributed by atoms with Crippen molar-refractivity contribution in [3.8, 4) is 0 Å². The molecule has 0 aliphatic carbocycles. The Balaban J connectivity index is 2.44. The molecular formula is C13H24O5. The van der Waals surface area contributed by atoms with E-state index in [0.717, 1.165) is 12.8 Å². The summed E-state index contributed by atoms with van der Waals surface area (Å²) >= 11 is 0. The van der Waals surface area contributed by atoms with Crippen molar-refractivity contribution < 1.29 is 24.5 Å². The van der Waals surface area contributed by atoms with Crippen molar-refractivity contribution in [2.45, 2.75) is 51.7 Å². The second kappa shape index (κ2) is 7.07. The summed E-state index contributed by atoms with van der Waals surface area (Å²) in [4.78, 5) is 11.4. The fraction of sp³-hybridized carbons (Fsp3) is 0.923. The van der Waals surface area contributed by atoms with Gasteiger partial charge in [-0.1, -0.05) is 13.3 Å². The normalized spacial score (nSPS) is 29.4. The van der Waals surface area contributed by atoms with Crippen molar-refractivity contribution in [1.29, 1.82) is 0 Å². The van der Waals surface area contributed by atoms with Crippen LogP contribution in [0.25, 0.3) is 0 Å². The second-order valence-corrected chi connectivity index (χ2v) is 5.01. The van der Waals surface area contributed by atoms with Crippen molar-refractivity contribution in [3.63, 3.8) is 0 Å². The molecule has 0 aromatic rings. The number of unbranched alkanes of at least 4 members (excludes halogenated alkanes) is 1. The second-order valence-electron chi connectivity index (χ2n) is 5.01. The van der Waals surface area contributed by atoms with Gasteiger partial charge in [0.1, 0.15) is 0 Å². The molecule has 3 atom stereocenters.